The molecule has 5 nitrogen and oxygen atoms in total. The van der Waals surface area contributed by atoms with Gasteiger partial charge in [0.15, 0.2) is 11.6 Å². The molecule has 0 N–H and O–H groups in total. The summed E-state index contributed by atoms with van der Waals surface area (Å²) in [5, 5.41) is 24.0. The van der Waals surface area contributed by atoms with Crippen LogP contribution in [0, 0.1) is 0 Å². The van der Waals surface area contributed by atoms with E-state index in [4.69, 9.17) is 54.7 Å². The summed E-state index contributed by atoms with van der Waals surface area (Å²) in [6, 6.07) is 130. The predicted octanol–water partition coefficient (Wildman–Crippen LogP) is 30.3. The third-order valence-electron chi connectivity index (χ3n) is 22.8. The lowest BCUT2D eigenvalue weighted by molar-refractivity contribution is 1.18. The number of fused-ring (bicyclic) bond motifs is 21. The van der Waals surface area contributed by atoms with Crippen molar-refractivity contribution in [1.29, 1.82) is 0 Å². The molecule has 3 aromatic heterocycles. The Morgan fingerprint density at radius 2 is 0.670 bits per heavy atom. The smallest absolute Gasteiger partial charge is 0.160 e. The second-order valence-electron chi connectivity index (χ2n) is 29.7. The van der Waals surface area contributed by atoms with Crippen LogP contribution in [-0.4, -0.2) is 24.5 Å². The second-order valence-corrected chi connectivity index (χ2v) is 31.9. The Labute approximate surface area is 686 Å². The van der Waals surface area contributed by atoms with Gasteiger partial charge in [0, 0.05) is 69.0 Å². The molecule has 2 aliphatic carbocycles. The molecular formula is C106H65BrCl3N5. The van der Waals surface area contributed by atoms with Crippen molar-refractivity contribution in [3.63, 3.8) is 0 Å². The fraction of sp³-hybridized carbons (Fsp3) is 0.0189. The van der Waals surface area contributed by atoms with Crippen LogP contribution in [0.4, 0.5) is 0 Å². The first-order chi connectivity index (χ1) is 56.6. The molecular weight excluding hydrogens is 1530 g/mol. The third-order valence-corrected chi connectivity index (χ3v) is 24.0. The molecule has 0 aliphatic heterocycles. The topological polar surface area (TPSA) is 56.5 Å². The fourth-order valence-electron chi connectivity index (χ4n) is 17.2. The van der Waals surface area contributed by atoms with Gasteiger partial charge in [0.1, 0.15) is 0 Å². The van der Waals surface area contributed by atoms with E-state index in [1.54, 1.807) is 0 Å². The monoisotopic (exact) mass is 1590 g/mol. The minimum Gasteiger partial charge on any atom is -0.309 e. The number of para-hydroxylation sites is 3. The lowest BCUT2D eigenvalue weighted by atomic mass is 9.98. The van der Waals surface area contributed by atoms with Crippen molar-refractivity contribution in [2.24, 2.45) is 0 Å². The summed E-state index contributed by atoms with van der Waals surface area (Å²) < 4.78 is 3.40. The Balaban J connectivity index is 0.000000105. The minimum absolute atomic E-state index is 0.719. The van der Waals surface area contributed by atoms with Gasteiger partial charge in [-0.05, 0) is 242 Å². The number of nitrogens with zero attached hydrogens (tertiary/aromatic N) is 5. The average molecular weight is 1590 g/mol. The van der Waals surface area contributed by atoms with Gasteiger partial charge in [-0.2, -0.15) is 0 Å². The van der Waals surface area contributed by atoms with Crippen molar-refractivity contribution in [1.82, 2.24) is 24.5 Å². The van der Waals surface area contributed by atoms with Crippen LogP contribution in [0.15, 0.2) is 375 Å². The Morgan fingerprint density at radius 3 is 1.30 bits per heavy atom. The molecule has 0 saturated carbocycles. The van der Waals surface area contributed by atoms with Gasteiger partial charge in [-0.25, -0.2) is 19.9 Å². The molecule has 22 aromatic rings. The average Bonchev–Trinajstić information content (AvgIpc) is 1.58. The number of aromatic nitrogens is 5. The maximum atomic E-state index is 6.37. The molecule has 115 heavy (non-hydrogen) atoms. The van der Waals surface area contributed by atoms with Crippen LogP contribution in [0.2, 0.25) is 15.1 Å². The van der Waals surface area contributed by atoms with Crippen LogP contribution in [0.5, 0.6) is 0 Å². The van der Waals surface area contributed by atoms with Gasteiger partial charge >= 0.3 is 0 Å². The van der Waals surface area contributed by atoms with E-state index in [9.17, 15) is 0 Å². The van der Waals surface area contributed by atoms with Crippen LogP contribution < -0.4 is 0 Å². The standard InChI is InChI=1S/C44H26ClN3.C28H17BrN2.C17H10Cl2.C17H12/c45-33-20-17-30-26-42-39(25-32(30)23-33)36-9-4-6-12-41(36)48(42)34-21-18-29(19-22-34)43-37-10-3-5-11-40(37)46-44(47-43)31-16-15-28-14-13-27-7-1-2-8-35(27)38(28)24-31;29-22-15-13-20(14-16-22)27-24-7-3-4-8-26(24)30-28(31-27)21-12-11-19-10-9-18-5-1-2-6-23(18)25(19)17-21;18-14-3-1-10-5-13-6-11-2-4-15(19)9-17(11)16(13)8-12(10)7-14;1-3-7-15-12(5-1)9-10-14-11-13-6-2-4-8-16(13)17(14)15/h1-26H;1-17H;1-5,7-9H,6H2;1-10H,11H2. The van der Waals surface area contributed by atoms with Gasteiger partial charge in [0.2, 0.25) is 0 Å². The maximum absolute atomic E-state index is 6.37. The van der Waals surface area contributed by atoms with Gasteiger partial charge in [0.25, 0.3) is 0 Å². The molecule has 2 aliphatic rings. The number of hydrogen-bond donors (Lipinski definition) is 0. The van der Waals surface area contributed by atoms with Gasteiger partial charge < -0.3 is 4.57 Å². The summed E-state index contributed by atoms with van der Waals surface area (Å²) in [5.41, 5.74) is 22.4. The molecule has 0 amide bonds. The fourth-order valence-corrected chi connectivity index (χ4v) is 18.0. The van der Waals surface area contributed by atoms with E-state index in [1.807, 2.05) is 60.7 Å². The first-order valence-electron chi connectivity index (χ1n) is 38.5. The summed E-state index contributed by atoms with van der Waals surface area (Å²) in [5.74, 6) is 1.46. The van der Waals surface area contributed by atoms with Gasteiger partial charge in [-0.1, -0.05) is 312 Å². The molecule has 0 spiro atoms. The van der Waals surface area contributed by atoms with Crippen molar-refractivity contribution in [2.45, 2.75) is 12.8 Å². The Hall–Kier alpha value is -13.2. The van der Waals surface area contributed by atoms with Gasteiger partial charge in [0.05, 0.1) is 33.5 Å². The molecule has 3 heterocycles. The molecule has 0 saturated heterocycles. The molecule has 0 fully saturated rings. The molecule has 0 radical (unpaired) electrons. The highest BCUT2D eigenvalue weighted by atomic mass is 79.9. The van der Waals surface area contributed by atoms with Crippen LogP contribution in [0.3, 0.4) is 0 Å². The van der Waals surface area contributed by atoms with Crippen molar-refractivity contribution in [3.8, 4) is 73.2 Å². The molecule has 0 atom stereocenters. The number of halogens is 4. The predicted molar refractivity (Wildman–Crippen MR) is 490 cm³/mol. The Kier molecular flexibility index (Phi) is 17.6. The SMILES string of the molecule is Brc1ccc(-c2nc(-c3ccc4ccc5ccccc5c4c3)nc3ccccc23)cc1.Clc1ccc2c(c1)-c1cc3cc(Cl)ccc3cc1C2.Clc1ccc2cc3c(cc2c1)c1ccccc1n3-c1ccc(-c2nc(-c3ccc4ccc5ccccc5c4c3)nc3ccccc23)cc1.c1ccc2c(c1)Cc1ccc3ccccc3c1-2. The Bertz CT molecular complexity index is 7730. The summed E-state index contributed by atoms with van der Waals surface area (Å²) >= 11 is 22.1. The highest BCUT2D eigenvalue weighted by molar-refractivity contribution is 9.10. The zero-order valence-corrected chi connectivity index (χ0v) is 65.7. The number of hydrogen-bond acceptors (Lipinski definition) is 4. The minimum atomic E-state index is 0.719. The van der Waals surface area contributed by atoms with Crippen LogP contribution in [-0.2, 0) is 12.8 Å². The van der Waals surface area contributed by atoms with E-state index in [1.165, 1.54) is 125 Å². The summed E-state index contributed by atoms with van der Waals surface area (Å²) in [6.07, 6.45) is 2.07. The number of rotatable bonds is 5. The zero-order chi connectivity index (χ0) is 76.8. The van der Waals surface area contributed by atoms with Crippen LogP contribution in [0.1, 0.15) is 22.3 Å². The van der Waals surface area contributed by atoms with E-state index < -0.39 is 0 Å². The first-order valence-corrected chi connectivity index (χ1v) is 40.5. The van der Waals surface area contributed by atoms with Crippen molar-refractivity contribution < 1.29 is 0 Å². The summed E-state index contributed by atoms with van der Waals surface area (Å²) in [6.45, 7) is 0. The van der Waals surface area contributed by atoms with Crippen LogP contribution in [0.25, 0.3) is 192 Å². The van der Waals surface area contributed by atoms with Gasteiger partial charge in [-0.15, -0.1) is 0 Å². The quantitative estimate of drug-likeness (QED) is 0.161. The molecule has 19 aromatic carbocycles. The van der Waals surface area contributed by atoms with E-state index in [-0.39, 0.29) is 0 Å². The molecule has 542 valence electrons. The lowest BCUT2D eigenvalue weighted by Crippen LogP contribution is -1.97. The number of benzene rings is 19. The van der Waals surface area contributed by atoms with E-state index in [0.29, 0.717) is 0 Å². The lowest BCUT2D eigenvalue weighted by Gasteiger charge is -2.12. The molecule has 9 heteroatoms. The zero-order valence-electron chi connectivity index (χ0n) is 61.9. The van der Waals surface area contributed by atoms with Crippen molar-refractivity contribution in [3.05, 3.63) is 412 Å². The highest BCUT2D eigenvalue weighted by Gasteiger charge is 2.23. The van der Waals surface area contributed by atoms with Crippen molar-refractivity contribution >= 4 is 170 Å². The van der Waals surface area contributed by atoms with E-state index in [2.05, 4.69) is 330 Å². The van der Waals surface area contributed by atoms with E-state index >= 15 is 0 Å². The highest BCUT2D eigenvalue weighted by Crippen LogP contribution is 2.45. The van der Waals surface area contributed by atoms with Gasteiger partial charge in [-0.3, -0.25) is 0 Å². The third kappa shape index (κ3) is 12.9. The summed E-state index contributed by atoms with van der Waals surface area (Å²) in [7, 11) is 0. The normalized spacial score (nSPS) is 11.9. The van der Waals surface area contributed by atoms with Crippen molar-refractivity contribution in [2.75, 3.05) is 0 Å². The molecule has 0 unspecified atom stereocenters. The second kappa shape index (κ2) is 29.1. The van der Waals surface area contributed by atoms with E-state index in [0.717, 1.165) is 121 Å². The molecule has 24 rings (SSSR count). The first kappa shape index (κ1) is 69.8. The van der Waals surface area contributed by atoms with Crippen LogP contribution >= 0.6 is 50.7 Å². The largest absolute Gasteiger partial charge is 0.309 e. The molecule has 0 bridgehead atoms. The summed E-state index contributed by atoms with van der Waals surface area (Å²) in [4.78, 5) is 20.2. The Morgan fingerprint density at radius 1 is 0.243 bits per heavy atom. The maximum Gasteiger partial charge on any atom is 0.160 e.